The van der Waals surface area contributed by atoms with Crippen molar-refractivity contribution < 1.29 is 18.9 Å². The van der Waals surface area contributed by atoms with Crippen LogP contribution in [0.4, 0.5) is 5.95 Å². The van der Waals surface area contributed by atoms with Gasteiger partial charge >= 0.3 is 0 Å². The van der Waals surface area contributed by atoms with Crippen LogP contribution < -0.4 is 24.2 Å². The molecule has 0 amide bonds. The predicted molar refractivity (Wildman–Crippen MR) is 159 cm³/mol. The molecule has 3 aromatic heterocycles. The fraction of sp³-hybridized carbons (Fsp3) is 0.393. The molecule has 1 aromatic carbocycles. The summed E-state index contributed by atoms with van der Waals surface area (Å²) in [6.07, 6.45) is 4.84. The van der Waals surface area contributed by atoms with E-state index in [-0.39, 0.29) is 5.25 Å². The summed E-state index contributed by atoms with van der Waals surface area (Å²) in [4.78, 5) is 13.4. The molecule has 1 unspecified atom stereocenters. The van der Waals surface area contributed by atoms with Gasteiger partial charge in [-0.15, -0.1) is 10.2 Å². The molecule has 1 aliphatic rings. The average Bonchev–Trinajstić information content (AvgIpc) is 3.40. The van der Waals surface area contributed by atoms with Crippen LogP contribution in [-0.2, 0) is 11.2 Å². The number of benzene rings is 1. The minimum atomic E-state index is 0.154. The van der Waals surface area contributed by atoms with Crippen molar-refractivity contribution in [3.05, 3.63) is 60.2 Å². The number of hydrogen-bond acceptors (Lipinski definition) is 12. The zero-order valence-electron chi connectivity index (χ0n) is 24.1. The van der Waals surface area contributed by atoms with E-state index >= 15 is 0 Å². The van der Waals surface area contributed by atoms with E-state index in [1.807, 2.05) is 54.2 Å². The molecule has 218 valence electrons. The predicted octanol–water partition coefficient (Wildman–Crippen LogP) is 3.75. The Morgan fingerprint density at radius 3 is 2.22 bits per heavy atom. The zero-order valence-corrected chi connectivity index (χ0v) is 24.9. The number of nitrogens with zero attached hydrogens (tertiary/aromatic N) is 6. The van der Waals surface area contributed by atoms with Crippen molar-refractivity contribution in [2.45, 2.75) is 31.6 Å². The smallest absolute Gasteiger partial charge is 0.239 e. The Bertz CT molecular complexity index is 1370. The van der Waals surface area contributed by atoms with Crippen molar-refractivity contribution in [3.63, 3.8) is 0 Å². The van der Waals surface area contributed by atoms with E-state index in [2.05, 4.69) is 42.1 Å². The first-order chi connectivity index (χ1) is 20.0. The summed E-state index contributed by atoms with van der Waals surface area (Å²) in [5, 5.41) is 12.1. The Hall–Kier alpha value is -3.94. The molecule has 0 aliphatic carbocycles. The van der Waals surface area contributed by atoms with Crippen LogP contribution in [0.25, 0.3) is 17.2 Å². The van der Waals surface area contributed by atoms with E-state index in [1.165, 1.54) is 11.9 Å². The van der Waals surface area contributed by atoms with Gasteiger partial charge in [0.2, 0.25) is 11.8 Å². The number of ether oxygens (including phenoxy) is 4. The first-order valence-electron chi connectivity index (χ1n) is 13.1. The van der Waals surface area contributed by atoms with Gasteiger partial charge in [0.1, 0.15) is 28.7 Å². The maximum atomic E-state index is 5.66. The third kappa shape index (κ3) is 7.63. The van der Waals surface area contributed by atoms with Gasteiger partial charge in [-0.25, -0.2) is 15.0 Å². The second kappa shape index (κ2) is 14.6. The van der Waals surface area contributed by atoms with Gasteiger partial charge in [-0.1, -0.05) is 19.1 Å². The summed E-state index contributed by atoms with van der Waals surface area (Å²) in [5.74, 6) is 3.45. The van der Waals surface area contributed by atoms with E-state index in [0.717, 1.165) is 24.5 Å². The zero-order chi connectivity index (χ0) is 29.2. The summed E-state index contributed by atoms with van der Waals surface area (Å²) in [6, 6.07) is 11.0. The highest BCUT2D eigenvalue weighted by Crippen LogP contribution is 2.38. The molecule has 1 aliphatic heterocycles. The topological polar surface area (TPSA) is 130 Å². The standard InChI is InChI=1S/C24H27N7O3S.C4H9NO/c1-15-13-25-20(26-14-15)12-16(2)35-30-24-29-28-23(17-8-6-11-21(27-17)34-5)31(24)22-18(32-3)9-7-10-19(22)33-4;1-6-4-2-5-3-4/h6-11,13-14,16H,12H2,1-5H3,(H,29,30);4-5H,2-3H2,1H3. The average molecular weight is 581 g/mol. The quantitative estimate of drug-likeness (QED) is 0.251. The molecule has 1 atom stereocenters. The van der Waals surface area contributed by atoms with Crippen molar-refractivity contribution in [1.29, 1.82) is 0 Å². The fourth-order valence-corrected chi connectivity index (χ4v) is 4.51. The molecule has 4 aromatic rings. The van der Waals surface area contributed by atoms with Crippen LogP contribution in [0.15, 0.2) is 48.8 Å². The minimum absolute atomic E-state index is 0.154. The fourth-order valence-electron chi connectivity index (χ4n) is 3.84. The van der Waals surface area contributed by atoms with Gasteiger partial charge in [0.25, 0.3) is 0 Å². The third-order valence-electron chi connectivity index (χ3n) is 6.18. The van der Waals surface area contributed by atoms with Gasteiger partial charge in [0.05, 0.1) is 27.4 Å². The monoisotopic (exact) mass is 580 g/mol. The van der Waals surface area contributed by atoms with Crippen molar-refractivity contribution in [1.82, 2.24) is 35.0 Å². The number of anilines is 1. The molecule has 0 saturated carbocycles. The Labute approximate surface area is 244 Å². The maximum Gasteiger partial charge on any atom is 0.239 e. The minimum Gasteiger partial charge on any atom is -0.494 e. The van der Waals surface area contributed by atoms with Gasteiger partial charge in [-0.05, 0) is 42.6 Å². The lowest BCUT2D eigenvalue weighted by Gasteiger charge is -2.24. The number of pyridine rings is 1. The number of hydrogen-bond donors (Lipinski definition) is 2. The first-order valence-corrected chi connectivity index (χ1v) is 14.0. The van der Waals surface area contributed by atoms with Gasteiger partial charge in [0, 0.05) is 50.3 Å². The largest absolute Gasteiger partial charge is 0.494 e. The summed E-state index contributed by atoms with van der Waals surface area (Å²) in [6.45, 7) is 6.14. The van der Waals surface area contributed by atoms with Crippen molar-refractivity contribution in [2.75, 3.05) is 46.3 Å². The molecule has 5 rings (SSSR count). The Kier molecular flexibility index (Phi) is 10.7. The molecule has 12 nitrogen and oxygen atoms in total. The lowest BCUT2D eigenvalue weighted by molar-refractivity contribution is 0.0600. The number of nitrogens with one attached hydrogen (secondary N) is 2. The van der Waals surface area contributed by atoms with Crippen LogP contribution in [0, 0.1) is 6.92 Å². The normalized spacial score (nSPS) is 13.4. The van der Waals surface area contributed by atoms with Crippen LogP contribution in [0.3, 0.4) is 0 Å². The Morgan fingerprint density at radius 1 is 0.976 bits per heavy atom. The third-order valence-corrected chi connectivity index (χ3v) is 7.05. The summed E-state index contributed by atoms with van der Waals surface area (Å²) in [5.41, 5.74) is 2.27. The second-order valence-electron chi connectivity index (χ2n) is 9.19. The van der Waals surface area contributed by atoms with Gasteiger partial charge in [-0.2, -0.15) is 0 Å². The molecule has 13 heteroatoms. The molecule has 1 saturated heterocycles. The van der Waals surface area contributed by atoms with Crippen molar-refractivity contribution in [2.24, 2.45) is 0 Å². The number of aryl methyl sites for hydroxylation is 1. The highest BCUT2D eigenvalue weighted by Gasteiger charge is 2.24. The first kappa shape index (κ1) is 30.0. The molecule has 2 N–H and O–H groups in total. The van der Waals surface area contributed by atoms with Crippen LogP contribution in [0.2, 0.25) is 0 Å². The van der Waals surface area contributed by atoms with E-state index in [4.69, 9.17) is 18.9 Å². The highest BCUT2D eigenvalue weighted by molar-refractivity contribution is 8.01. The maximum absolute atomic E-state index is 5.66. The van der Waals surface area contributed by atoms with Crippen molar-refractivity contribution in [3.8, 4) is 34.6 Å². The number of rotatable bonds is 11. The van der Waals surface area contributed by atoms with Crippen LogP contribution >= 0.6 is 11.9 Å². The number of para-hydroxylation sites is 1. The van der Waals surface area contributed by atoms with Gasteiger partial charge in [-0.3, -0.25) is 9.29 Å². The number of aromatic nitrogens is 6. The van der Waals surface area contributed by atoms with E-state index < -0.39 is 0 Å². The number of methoxy groups -OCH3 is 4. The van der Waals surface area contributed by atoms with Crippen LogP contribution in [0.1, 0.15) is 18.3 Å². The summed E-state index contributed by atoms with van der Waals surface area (Å²) in [7, 11) is 6.53. The molecular weight excluding hydrogens is 544 g/mol. The van der Waals surface area contributed by atoms with Crippen LogP contribution in [-0.4, -0.2) is 82.6 Å². The summed E-state index contributed by atoms with van der Waals surface area (Å²) >= 11 is 1.50. The van der Waals surface area contributed by atoms with E-state index in [0.29, 0.717) is 53.1 Å². The van der Waals surface area contributed by atoms with E-state index in [1.54, 1.807) is 34.5 Å². The summed E-state index contributed by atoms with van der Waals surface area (Å²) < 4.78 is 26.7. The van der Waals surface area contributed by atoms with Crippen molar-refractivity contribution >= 4 is 17.9 Å². The molecule has 4 heterocycles. The molecule has 41 heavy (non-hydrogen) atoms. The molecule has 1 fully saturated rings. The van der Waals surface area contributed by atoms with Gasteiger partial charge in [0.15, 0.2) is 5.82 Å². The second-order valence-corrected chi connectivity index (χ2v) is 10.4. The van der Waals surface area contributed by atoms with E-state index in [9.17, 15) is 0 Å². The molecular formula is C28H36N8O4S. The SMILES string of the molecule is COC1CNC1.COc1cccc(-c2nnc(NSC(C)Cc3ncc(C)cn3)n2-c2c(OC)cccc2OC)n1. The lowest BCUT2D eigenvalue weighted by Crippen LogP contribution is -2.47. The van der Waals surface area contributed by atoms with Gasteiger partial charge < -0.3 is 24.3 Å². The lowest BCUT2D eigenvalue weighted by atomic mass is 10.2. The molecule has 0 radical (unpaired) electrons. The highest BCUT2D eigenvalue weighted by atomic mass is 32.2. The molecule has 0 spiro atoms. The van der Waals surface area contributed by atoms with Crippen LogP contribution in [0.5, 0.6) is 17.4 Å². The Balaban J connectivity index is 0.000000572. The Morgan fingerprint density at radius 2 is 1.66 bits per heavy atom. The molecule has 0 bridgehead atoms.